The van der Waals surface area contributed by atoms with Crippen LogP contribution in [0.4, 0.5) is 18.9 Å². The smallest absolute Gasteiger partial charge is 0.340 e. The number of amides is 2. The van der Waals surface area contributed by atoms with Crippen LogP contribution in [0, 0.1) is 12.8 Å². The van der Waals surface area contributed by atoms with Crippen LogP contribution in [0.1, 0.15) is 35.5 Å². The van der Waals surface area contributed by atoms with E-state index in [2.05, 4.69) is 15.6 Å². The van der Waals surface area contributed by atoms with Gasteiger partial charge >= 0.3 is 6.18 Å². The van der Waals surface area contributed by atoms with Crippen molar-refractivity contribution in [1.29, 1.82) is 0 Å². The molecule has 1 atom stereocenters. The van der Waals surface area contributed by atoms with Gasteiger partial charge in [-0.05, 0) is 37.1 Å². The topological polar surface area (TPSA) is 71.1 Å². The third-order valence-corrected chi connectivity index (χ3v) is 3.87. The number of aromatic nitrogens is 1. The van der Waals surface area contributed by atoms with Gasteiger partial charge in [0.25, 0.3) is 5.91 Å². The average molecular weight is 379 g/mol. The molecule has 0 saturated heterocycles. The molecule has 2 N–H and O–H groups in total. The van der Waals surface area contributed by atoms with E-state index in [4.69, 9.17) is 0 Å². The van der Waals surface area contributed by atoms with E-state index < -0.39 is 29.7 Å². The van der Waals surface area contributed by atoms with Crippen molar-refractivity contribution in [2.75, 3.05) is 5.32 Å². The summed E-state index contributed by atoms with van der Waals surface area (Å²) in [5.74, 6) is -1.18. The summed E-state index contributed by atoms with van der Waals surface area (Å²) in [5.41, 5.74) is 0.478. The summed E-state index contributed by atoms with van der Waals surface area (Å²) < 4.78 is 37.6. The zero-order valence-corrected chi connectivity index (χ0v) is 15.1. The maximum absolute atomic E-state index is 12.5. The standard InChI is InChI=1S/C19H20F3N3O2/c1-11(2)16(25-17(26)13-6-4-12(3)5-7-13)18(27)24-14-8-9-15(23-10-14)19(20,21)22/h4-11,16H,1-3H3,(H,24,27)(H,25,26). The fourth-order valence-corrected chi connectivity index (χ4v) is 2.32. The second-order valence-electron chi connectivity index (χ2n) is 6.48. The van der Waals surface area contributed by atoms with Crippen LogP contribution in [-0.4, -0.2) is 22.8 Å². The van der Waals surface area contributed by atoms with Gasteiger partial charge in [0, 0.05) is 5.56 Å². The molecule has 2 aromatic rings. The summed E-state index contributed by atoms with van der Waals surface area (Å²) >= 11 is 0. The van der Waals surface area contributed by atoms with E-state index >= 15 is 0 Å². The van der Waals surface area contributed by atoms with Crippen LogP contribution in [0.15, 0.2) is 42.6 Å². The lowest BCUT2D eigenvalue weighted by atomic mass is 10.0. The Bertz CT molecular complexity index is 800. The van der Waals surface area contributed by atoms with Crippen LogP contribution in [0.5, 0.6) is 0 Å². The Morgan fingerprint density at radius 1 is 1.04 bits per heavy atom. The number of anilines is 1. The van der Waals surface area contributed by atoms with Crippen LogP contribution in [0.25, 0.3) is 0 Å². The quantitative estimate of drug-likeness (QED) is 0.830. The van der Waals surface area contributed by atoms with Crippen LogP contribution in [0.3, 0.4) is 0 Å². The highest BCUT2D eigenvalue weighted by molar-refractivity contribution is 6.01. The Morgan fingerprint density at radius 3 is 2.15 bits per heavy atom. The van der Waals surface area contributed by atoms with E-state index in [1.54, 1.807) is 38.1 Å². The van der Waals surface area contributed by atoms with Crippen molar-refractivity contribution in [2.45, 2.75) is 33.0 Å². The Morgan fingerprint density at radius 2 is 1.67 bits per heavy atom. The van der Waals surface area contributed by atoms with Gasteiger partial charge in [-0.2, -0.15) is 13.2 Å². The van der Waals surface area contributed by atoms with Gasteiger partial charge in [-0.25, -0.2) is 4.98 Å². The summed E-state index contributed by atoms with van der Waals surface area (Å²) in [4.78, 5) is 28.1. The van der Waals surface area contributed by atoms with E-state index in [-0.39, 0.29) is 11.6 Å². The van der Waals surface area contributed by atoms with Crippen molar-refractivity contribution in [3.63, 3.8) is 0 Å². The highest BCUT2D eigenvalue weighted by Gasteiger charge is 2.32. The van der Waals surface area contributed by atoms with Gasteiger partial charge in [-0.3, -0.25) is 9.59 Å². The molecule has 2 amide bonds. The van der Waals surface area contributed by atoms with E-state index in [1.165, 1.54) is 0 Å². The Balaban J connectivity index is 2.08. The fourth-order valence-electron chi connectivity index (χ4n) is 2.32. The normalized spacial score (nSPS) is 12.6. The second kappa shape index (κ2) is 8.20. The number of nitrogens with zero attached hydrogens (tertiary/aromatic N) is 1. The van der Waals surface area contributed by atoms with Gasteiger partial charge in [0.1, 0.15) is 11.7 Å². The fraction of sp³-hybridized carbons (Fsp3) is 0.316. The van der Waals surface area contributed by atoms with Crippen LogP contribution in [0.2, 0.25) is 0 Å². The molecular weight excluding hydrogens is 359 g/mol. The van der Waals surface area contributed by atoms with Crippen molar-refractivity contribution < 1.29 is 22.8 Å². The molecule has 1 aromatic carbocycles. The molecule has 0 fully saturated rings. The molecule has 1 heterocycles. The summed E-state index contributed by atoms with van der Waals surface area (Å²) in [6.45, 7) is 5.40. The molecule has 27 heavy (non-hydrogen) atoms. The van der Waals surface area contributed by atoms with Crippen molar-refractivity contribution in [3.8, 4) is 0 Å². The van der Waals surface area contributed by atoms with E-state index in [9.17, 15) is 22.8 Å². The lowest BCUT2D eigenvalue weighted by Crippen LogP contribution is -2.47. The Labute approximate surface area is 155 Å². The van der Waals surface area contributed by atoms with Gasteiger partial charge in [0.05, 0.1) is 11.9 Å². The second-order valence-corrected chi connectivity index (χ2v) is 6.48. The van der Waals surface area contributed by atoms with Crippen molar-refractivity contribution >= 4 is 17.5 Å². The zero-order chi connectivity index (χ0) is 20.2. The molecule has 0 aliphatic carbocycles. The summed E-state index contributed by atoms with van der Waals surface area (Å²) in [7, 11) is 0. The predicted molar refractivity (Wildman–Crippen MR) is 95.1 cm³/mol. The van der Waals surface area contributed by atoms with E-state index in [0.29, 0.717) is 5.56 Å². The van der Waals surface area contributed by atoms with Gasteiger partial charge in [-0.15, -0.1) is 0 Å². The molecule has 5 nitrogen and oxygen atoms in total. The van der Waals surface area contributed by atoms with Gasteiger partial charge in [0.2, 0.25) is 5.91 Å². The molecule has 0 aliphatic heterocycles. The number of hydrogen-bond acceptors (Lipinski definition) is 3. The minimum atomic E-state index is -4.55. The number of pyridine rings is 1. The first-order chi connectivity index (χ1) is 12.6. The molecule has 144 valence electrons. The van der Waals surface area contributed by atoms with Crippen molar-refractivity contribution in [2.24, 2.45) is 5.92 Å². The monoisotopic (exact) mass is 379 g/mol. The van der Waals surface area contributed by atoms with Crippen molar-refractivity contribution in [3.05, 3.63) is 59.4 Å². The molecule has 0 aliphatic rings. The number of rotatable bonds is 5. The Hall–Kier alpha value is -2.90. The van der Waals surface area contributed by atoms with Gasteiger partial charge in [-0.1, -0.05) is 31.5 Å². The lowest BCUT2D eigenvalue weighted by Gasteiger charge is -2.22. The Kier molecular flexibility index (Phi) is 6.20. The number of halogens is 3. The number of carbonyl (C=O) groups excluding carboxylic acids is 2. The minimum absolute atomic E-state index is 0.114. The maximum Gasteiger partial charge on any atom is 0.433 e. The number of benzene rings is 1. The number of carbonyl (C=O) groups is 2. The highest BCUT2D eigenvalue weighted by atomic mass is 19.4. The van der Waals surface area contributed by atoms with Gasteiger partial charge in [0.15, 0.2) is 0 Å². The first-order valence-electron chi connectivity index (χ1n) is 8.29. The number of hydrogen-bond donors (Lipinski definition) is 2. The molecule has 0 radical (unpaired) electrons. The first kappa shape index (κ1) is 20.4. The van der Waals surface area contributed by atoms with Gasteiger partial charge < -0.3 is 10.6 Å². The van der Waals surface area contributed by atoms with Crippen LogP contribution < -0.4 is 10.6 Å². The number of nitrogens with one attached hydrogen (secondary N) is 2. The third kappa shape index (κ3) is 5.54. The third-order valence-electron chi connectivity index (χ3n) is 3.87. The highest BCUT2D eigenvalue weighted by Crippen LogP contribution is 2.27. The van der Waals surface area contributed by atoms with Crippen LogP contribution >= 0.6 is 0 Å². The van der Waals surface area contributed by atoms with E-state index in [0.717, 1.165) is 23.9 Å². The van der Waals surface area contributed by atoms with E-state index in [1.807, 2.05) is 6.92 Å². The lowest BCUT2D eigenvalue weighted by molar-refractivity contribution is -0.141. The predicted octanol–water partition coefficient (Wildman–Crippen LogP) is 3.80. The zero-order valence-electron chi connectivity index (χ0n) is 15.1. The molecule has 0 saturated carbocycles. The molecule has 0 spiro atoms. The number of alkyl halides is 3. The number of aryl methyl sites for hydroxylation is 1. The molecule has 2 rings (SSSR count). The van der Waals surface area contributed by atoms with Crippen molar-refractivity contribution in [1.82, 2.24) is 10.3 Å². The first-order valence-corrected chi connectivity index (χ1v) is 8.29. The summed E-state index contributed by atoms with van der Waals surface area (Å²) in [6, 6.07) is 7.92. The molecular formula is C19H20F3N3O2. The minimum Gasteiger partial charge on any atom is -0.340 e. The van der Waals surface area contributed by atoms with Crippen LogP contribution in [-0.2, 0) is 11.0 Å². The summed E-state index contributed by atoms with van der Waals surface area (Å²) in [6.07, 6.45) is -3.62. The largest absolute Gasteiger partial charge is 0.433 e. The molecule has 1 unspecified atom stereocenters. The molecule has 0 bridgehead atoms. The average Bonchev–Trinajstić information content (AvgIpc) is 2.59. The molecule has 1 aromatic heterocycles. The molecule has 8 heteroatoms. The maximum atomic E-state index is 12.5. The summed E-state index contributed by atoms with van der Waals surface area (Å²) in [5, 5.41) is 5.14. The SMILES string of the molecule is Cc1ccc(C(=O)NC(C(=O)Nc2ccc(C(F)(F)F)nc2)C(C)C)cc1.